The molecule has 0 unspecified atom stereocenters. The minimum atomic E-state index is -5.06. The van der Waals surface area contributed by atoms with E-state index in [9.17, 15) is 35.9 Å². The summed E-state index contributed by atoms with van der Waals surface area (Å²) in [6.07, 6.45) is -5.85. The number of halogens is 6. The first-order valence-electron chi connectivity index (χ1n) is 15.8. The number of anilines is 1. The summed E-state index contributed by atoms with van der Waals surface area (Å²) in [5.74, 6) is -0.301. The molecule has 2 fully saturated rings. The number of hydrogen-bond donors (Lipinski definition) is 0. The van der Waals surface area contributed by atoms with Gasteiger partial charge in [0.25, 0.3) is 5.76 Å². The van der Waals surface area contributed by atoms with E-state index in [1.807, 2.05) is 6.92 Å². The molecule has 48 heavy (non-hydrogen) atoms. The Hall–Kier alpha value is -4.30. The third-order valence-electron chi connectivity index (χ3n) is 8.85. The topological polar surface area (TPSA) is 98.0 Å². The predicted molar refractivity (Wildman–Crippen MR) is 161 cm³/mol. The third kappa shape index (κ3) is 7.09. The van der Waals surface area contributed by atoms with Crippen molar-refractivity contribution >= 4 is 17.9 Å². The fourth-order valence-electron chi connectivity index (χ4n) is 6.52. The molecule has 1 saturated heterocycles. The number of alkyl halides is 6. The number of rotatable bonds is 9. The molecule has 2 atom stereocenters. The van der Waals surface area contributed by atoms with Crippen molar-refractivity contribution < 1.29 is 49.9 Å². The van der Waals surface area contributed by atoms with Crippen LogP contribution in [-0.4, -0.2) is 52.3 Å². The lowest BCUT2D eigenvalue weighted by atomic mass is 9.93. The number of aromatic nitrogens is 2. The fourth-order valence-corrected chi connectivity index (χ4v) is 6.52. The second-order valence-corrected chi connectivity index (χ2v) is 12.0. The van der Waals surface area contributed by atoms with Crippen LogP contribution in [0.2, 0.25) is 0 Å². The molecule has 15 heteroatoms. The van der Waals surface area contributed by atoms with E-state index in [0.717, 1.165) is 32.1 Å². The van der Waals surface area contributed by atoms with Crippen molar-refractivity contribution in [2.45, 2.75) is 96.9 Å². The van der Waals surface area contributed by atoms with E-state index < -0.39 is 53.3 Å². The molecule has 3 aromatic rings. The summed E-state index contributed by atoms with van der Waals surface area (Å²) in [6.45, 7) is 7.31. The van der Waals surface area contributed by atoms with E-state index in [-0.39, 0.29) is 31.0 Å². The number of ether oxygens (including phenoxy) is 2. The van der Waals surface area contributed by atoms with Crippen LogP contribution in [-0.2, 0) is 28.4 Å². The first-order chi connectivity index (χ1) is 22.6. The number of pyridine rings is 1. The maximum Gasteiger partial charge on any atom is 0.416 e. The SMILES string of the molecule is CCOC(=O)c1onc(C)c1-c1cnc(N(CC)C2CCCCC2)c(CN2C(=O)O[C@H](c3cc(C(F)(F)F)cc(C(F)(F)F)c3)[C@@H]2C)c1. The van der Waals surface area contributed by atoms with Crippen LogP contribution in [0.25, 0.3) is 11.1 Å². The second kappa shape index (κ2) is 13.7. The summed E-state index contributed by atoms with van der Waals surface area (Å²) in [6, 6.07) is 2.12. The molecule has 5 rings (SSSR count). The zero-order valence-corrected chi connectivity index (χ0v) is 26.9. The molecule has 3 heterocycles. The number of benzene rings is 1. The Balaban J connectivity index is 1.56. The van der Waals surface area contributed by atoms with Crippen LogP contribution < -0.4 is 4.90 Å². The quantitative estimate of drug-likeness (QED) is 0.164. The van der Waals surface area contributed by atoms with Crippen molar-refractivity contribution in [1.82, 2.24) is 15.0 Å². The highest BCUT2D eigenvalue weighted by Crippen LogP contribution is 2.42. The summed E-state index contributed by atoms with van der Waals surface area (Å²) < 4.78 is 97.7. The zero-order valence-electron chi connectivity index (χ0n) is 26.9. The lowest BCUT2D eigenvalue weighted by molar-refractivity contribution is -0.143. The molecule has 0 N–H and O–H groups in total. The largest absolute Gasteiger partial charge is 0.460 e. The number of cyclic esters (lactones) is 1. The number of nitrogens with zero attached hydrogens (tertiary/aromatic N) is 4. The highest BCUT2D eigenvalue weighted by Gasteiger charge is 2.44. The van der Waals surface area contributed by atoms with Crippen LogP contribution in [0, 0.1) is 6.92 Å². The molecule has 0 radical (unpaired) electrons. The van der Waals surface area contributed by atoms with Crippen LogP contribution in [0.15, 0.2) is 35.0 Å². The van der Waals surface area contributed by atoms with Gasteiger partial charge in [-0.05, 0) is 70.4 Å². The summed E-state index contributed by atoms with van der Waals surface area (Å²) in [7, 11) is 0. The molecule has 1 aliphatic heterocycles. The van der Waals surface area contributed by atoms with Gasteiger partial charge in [0.15, 0.2) is 0 Å². The molecule has 2 aliphatic rings. The lowest BCUT2D eigenvalue weighted by Crippen LogP contribution is -2.39. The summed E-state index contributed by atoms with van der Waals surface area (Å²) in [5.41, 5.74) is -1.73. The van der Waals surface area contributed by atoms with E-state index in [1.165, 1.54) is 11.8 Å². The van der Waals surface area contributed by atoms with E-state index in [1.54, 1.807) is 26.1 Å². The van der Waals surface area contributed by atoms with Gasteiger partial charge in [-0.3, -0.25) is 4.90 Å². The fraction of sp³-hybridized carbons (Fsp3) is 0.515. The van der Waals surface area contributed by atoms with Crippen molar-refractivity contribution in [2.24, 2.45) is 0 Å². The molecule has 260 valence electrons. The first kappa shape index (κ1) is 35.0. The van der Waals surface area contributed by atoms with E-state index in [2.05, 4.69) is 10.1 Å². The van der Waals surface area contributed by atoms with Crippen molar-refractivity contribution in [3.05, 3.63) is 64.2 Å². The first-order valence-corrected chi connectivity index (χ1v) is 15.8. The average Bonchev–Trinajstić information content (AvgIpc) is 3.56. The van der Waals surface area contributed by atoms with Gasteiger partial charge in [0.2, 0.25) is 0 Å². The summed E-state index contributed by atoms with van der Waals surface area (Å²) in [4.78, 5) is 34.2. The summed E-state index contributed by atoms with van der Waals surface area (Å²) in [5, 5.41) is 3.93. The van der Waals surface area contributed by atoms with Crippen LogP contribution in [0.4, 0.5) is 37.0 Å². The lowest BCUT2D eigenvalue weighted by Gasteiger charge is -2.36. The van der Waals surface area contributed by atoms with E-state index >= 15 is 0 Å². The summed E-state index contributed by atoms with van der Waals surface area (Å²) >= 11 is 0. The van der Waals surface area contributed by atoms with Gasteiger partial charge in [-0.25, -0.2) is 14.6 Å². The monoisotopic (exact) mass is 682 g/mol. The van der Waals surface area contributed by atoms with Crippen LogP contribution >= 0.6 is 0 Å². The van der Waals surface area contributed by atoms with Crippen LogP contribution in [0.3, 0.4) is 0 Å². The van der Waals surface area contributed by atoms with Crippen molar-refractivity contribution in [3.8, 4) is 11.1 Å². The second-order valence-electron chi connectivity index (χ2n) is 12.0. The Bertz CT molecular complexity index is 1620. The maximum atomic E-state index is 13.6. The average molecular weight is 683 g/mol. The zero-order chi connectivity index (χ0) is 35.0. The molecule has 1 aromatic carbocycles. The Morgan fingerprint density at radius 1 is 1.02 bits per heavy atom. The molecule has 2 aromatic heterocycles. The molecule has 9 nitrogen and oxygen atoms in total. The highest BCUT2D eigenvalue weighted by atomic mass is 19.4. The van der Waals surface area contributed by atoms with Gasteiger partial charge in [0, 0.05) is 29.9 Å². The van der Waals surface area contributed by atoms with Gasteiger partial charge in [-0.1, -0.05) is 24.4 Å². The molecular formula is C33H36F6N4O5. The van der Waals surface area contributed by atoms with Gasteiger partial charge in [0.05, 0.1) is 41.6 Å². The number of esters is 1. The maximum absolute atomic E-state index is 13.6. The van der Waals surface area contributed by atoms with Crippen molar-refractivity contribution in [3.63, 3.8) is 0 Å². The normalized spacial score (nSPS) is 19.0. The van der Waals surface area contributed by atoms with Gasteiger partial charge < -0.3 is 18.9 Å². The molecule has 1 saturated carbocycles. The van der Waals surface area contributed by atoms with Crippen LogP contribution in [0.5, 0.6) is 0 Å². The predicted octanol–water partition coefficient (Wildman–Crippen LogP) is 8.50. The van der Waals surface area contributed by atoms with E-state index in [0.29, 0.717) is 46.9 Å². The number of carbonyl (C=O) groups excluding carboxylic acids is 2. The highest BCUT2D eigenvalue weighted by molar-refractivity contribution is 5.95. The molecule has 1 aliphatic carbocycles. The van der Waals surface area contributed by atoms with Gasteiger partial charge in [-0.15, -0.1) is 0 Å². The van der Waals surface area contributed by atoms with E-state index in [4.69, 9.17) is 19.0 Å². The Morgan fingerprint density at radius 3 is 2.25 bits per heavy atom. The standard InChI is InChI=1S/C33H36F6N4O5/c1-5-42(25-10-8-7-9-11-25)29-22(12-21(16-40-29)26-18(3)41-48-28(26)30(44)46-6-2)17-43-19(4)27(47-31(43)45)20-13-23(32(34,35)36)15-24(14-20)33(37,38)39/h12-16,19,25,27H,5-11,17H2,1-4H3/t19-,27-/m0/s1. The number of carbonyl (C=O) groups is 2. The smallest absolute Gasteiger partial charge is 0.416 e. The number of amides is 1. The Labute approximate surface area is 273 Å². The van der Waals surface area contributed by atoms with Gasteiger partial charge in [-0.2, -0.15) is 26.3 Å². The van der Waals surface area contributed by atoms with Gasteiger partial charge in [0.1, 0.15) is 11.9 Å². The molecule has 0 bridgehead atoms. The van der Waals surface area contributed by atoms with Gasteiger partial charge >= 0.3 is 24.4 Å². The number of aryl methyl sites for hydroxylation is 1. The minimum absolute atomic E-state index is 0.0357. The van der Waals surface area contributed by atoms with Crippen molar-refractivity contribution in [1.29, 1.82) is 0 Å². The molecular weight excluding hydrogens is 646 g/mol. The molecule has 0 spiro atoms. The van der Waals surface area contributed by atoms with Crippen molar-refractivity contribution in [2.75, 3.05) is 18.1 Å². The Kier molecular flexibility index (Phi) is 9.97. The third-order valence-corrected chi connectivity index (χ3v) is 8.85. The Morgan fingerprint density at radius 2 is 1.67 bits per heavy atom. The van der Waals surface area contributed by atoms with Crippen LogP contribution in [0.1, 0.15) is 97.5 Å². The number of hydrogen-bond acceptors (Lipinski definition) is 8. The molecule has 1 amide bonds. The minimum Gasteiger partial charge on any atom is -0.460 e.